The van der Waals surface area contributed by atoms with E-state index < -0.39 is 12.1 Å². The number of nitrogens with one attached hydrogen (secondary N) is 1. The summed E-state index contributed by atoms with van der Waals surface area (Å²) in [5.41, 5.74) is 5.14. The van der Waals surface area contributed by atoms with Crippen LogP contribution in [-0.2, 0) is 22.6 Å². The number of aromatic amines is 1. The highest BCUT2D eigenvalue weighted by molar-refractivity contribution is 5.98. The van der Waals surface area contributed by atoms with Gasteiger partial charge in [-0.1, -0.05) is 30.3 Å². The van der Waals surface area contributed by atoms with Crippen molar-refractivity contribution in [2.45, 2.75) is 37.5 Å². The third kappa shape index (κ3) is 3.68. The van der Waals surface area contributed by atoms with Gasteiger partial charge in [0.15, 0.2) is 11.5 Å². The molecule has 2 amide bonds. The number of H-pyrrole nitrogens is 1. The number of hydrogen-bond donors (Lipinski definition) is 1. The molecule has 0 saturated carbocycles. The topological polar surface area (TPSA) is 91.0 Å². The zero-order chi connectivity index (χ0) is 26.8. The van der Waals surface area contributed by atoms with Crippen molar-refractivity contribution < 1.29 is 19.1 Å². The normalized spacial score (nSPS) is 24.1. The Morgan fingerprint density at radius 2 is 1.93 bits per heavy atom. The quantitative estimate of drug-likeness (QED) is 0.432. The lowest BCUT2D eigenvalue weighted by atomic mass is 9.85. The van der Waals surface area contributed by atoms with E-state index in [4.69, 9.17) is 9.47 Å². The van der Waals surface area contributed by atoms with Gasteiger partial charge in [0.2, 0.25) is 18.6 Å². The molecule has 8 rings (SSSR count). The van der Waals surface area contributed by atoms with Crippen LogP contribution >= 0.6 is 0 Å². The van der Waals surface area contributed by atoms with Crippen LogP contribution in [0.25, 0.3) is 10.9 Å². The van der Waals surface area contributed by atoms with Crippen LogP contribution < -0.4 is 9.47 Å². The molecule has 1 N–H and O–H groups in total. The fourth-order valence-electron chi connectivity index (χ4n) is 6.99. The first-order valence-corrected chi connectivity index (χ1v) is 13.9. The number of benzene rings is 2. The van der Waals surface area contributed by atoms with Crippen molar-refractivity contribution >= 4 is 22.7 Å². The van der Waals surface area contributed by atoms with E-state index in [1.165, 1.54) is 0 Å². The highest BCUT2D eigenvalue weighted by Gasteiger charge is 2.50. The molecule has 2 aromatic heterocycles. The number of amides is 2. The van der Waals surface area contributed by atoms with E-state index in [2.05, 4.69) is 33.1 Å². The predicted molar refractivity (Wildman–Crippen MR) is 147 cm³/mol. The Morgan fingerprint density at radius 1 is 1.02 bits per heavy atom. The molecule has 2 saturated heterocycles. The summed E-state index contributed by atoms with van der Waals surface area (Å²) < 4.78 is 11.2. The largest absolute Gasteiger partial charge is 0.454 e. The summed E-state index contributed by atoms with van der Waals surface area (Å²) in [4.78, 5) is 42.1. The van der Waals surface area contributed by atoms with Crippen molar-refractivity contribution in [1.82, 2.24) is 24.7 Å². The summed E-state index contributed by atoms with van der Waals surface area (Å²) in [6.07, 6.45) is 5.02. The van der Waals surface area contributed by atoms with E-state index in [-0.39, 0.29) is 31.2 Å². The van der Waals surface area contributed by atoms with Gasteiger partial charge in [0, 0.05) is 61.1 Å². The maximum atomic E-state index is 14.2. The Bertz CT molecular complexity index is 1640. The Balaban J connectivity index is 1.14. The summed E-state index contributed by atoms with van der Waals surface area (Å²) in [5.74, 6) is 1.36. The van der Waals surface area contributed by atoms with Crippen molar-refractivity contribution in [1.29, 1.82) is 0 Å². The number of carbonyl (C=O) groups excluding carboxylic acids is 2. The lowest BCUT2D eigenvalue weighted by Crippen LogP contribution is -2.65. The van der Waals surface area contributed by atoms with Gasteiger partial charge >= 0.3 is 0 Å². The van der Waals surface area contributed by atoms with Crippen LogP contribution in [0.1, 0.15) is 34.8 Å². The van der Waals surface area contributed by atoms with Crippen molar-refractivity contribution in [2.24, 2.45) is 0 Å². The maximum Gasteiger partial charge on any atom is 0.246 e. The minimum Gasteiger partial charge on any atom is -0.454 e. The number of fused-ring (bicyclic) bond motifs is 5. The molecule has 0 spiro atoms. The summed E-state index contributed by atoms with van der Waals surface area (Å²) in [6.45, 7) is 2.71. The Morgan fingerprint density at radius 3 is 2.83 bits per heavy atom. The molecule has 9 heteroatoms. The molecule has 4 aliphatic heterocycles. The van der Waals surface area contributed by atoms with Gasteiger partial charge in [0.05, 0.1) is 6.04 Å². The number of para-hydroxylation sites is 1. The molecule has 0 unspecified atom stereocenters. The molecule has 6 heterocycles. The zero-order valence-corrected chi connectivity index (χ0v) is 22.0. The van der Waals surface area contributed by atoms with Gasteiger partial charge in [-0.3, -0.25) is 19.5 Å². The summed E-state index contributed by atoms with van der Waals surface area (Å²) in [5, 5.41) is 1.10. The van der Waals surface area contributed by atoms with Crippen LogP contribution in [0, 0.1) is 0 Å². The minimum absolute atomic E-state index is 0.0173. The fraction of sp³-hybridized carbons (Fsp3) is 0.323. The maximum absolute atomic E-state index is 14.2. The molecule has 0 radical (unpaired) electrons. The van der Waals surface area contributed by atoms with Gasteiger partial charge in [0.1, 0.15) is 12.6 Å². The van der Waals surface area contributed by atoms with E-state index >= 15 is 0 Å². The SMILES string of the molecule is O=C1[C@H]2Cc3c([nH]c4ccccc34)[C@@H](c3ccc4c(c3)OCO4)N2C(=O)CN1[C@@H]1CCN(Cc2cccnc2)C1. The molecule has 2 fully saturated rings. The predicted octanol–water partition coefficient (Wildman–Crippen LogP) is 3.25. The molecule has 3 atom stereocenters. The third-order valence-electron chi connectivity index (χ3n) is 8.82. The van der Waals surface area contributed by atoms with Crippen LogP contribution in [0.3, 0.4) is 0 Å². The molecule has 4 aliphatic rings. The highest BCUT2D eigenvalue weighted by Crippen LogP contribution is 2.45. The van der Waals surface area contributed by atoms with Crippen molar-refractivity contribution in [3.8, 4) is 11.5 Å². The number of carbonyl (C=O) groups is 2. The van der Waals surface area contributed by atoms with Gasteiger partial charge in [-0.05, 0) is 47.4 Å². The summed E-state index contributed by atoms with van der Waals surface area (Å²) in [7, 11) is 0. The van der Waals surface area contributed by atoms with E-state index in [0.29, 0.717) is 17.9 Å². The lowest BCUT2D eigenvalue weighted by molar-refractivity contribution is -0.160. The fourth-order valence-corrected chi connectivity index (χ4v) is 6.99. The average molecular weight is 536 g/mol. The van der Waals surface area contributed by atoms with E-state index in [0.717, 1.165) is 59.3 Å². The minimum atomic E-state index is -0.559. The van der Waals surface area contributed by atoms with Crippen molar-refractivity contribution in [3.05, 3.63) is 89.4 Å². The molecule has 40 heavy (non-hydrogen) atoms. The molecule has 2 aromatic carbocycles. The third-order valence-corrected chi connectivity index (χ3v) is 8.82. The molecule has 0 bridgehead atoms. The van der Waals surface area contributed by atoms with E-state index in [1.54, 1.807) is 6.20 Å². The number of nitrogens with zero attached hydrogens (tertiary/aromatic N) is 4. The Labute approximate surface area is 231 Å². The second-order valence-electron chi connectivity index (χ2n) is 11.1. The molecule has 4 aromatic rings. The van der Waals surface area contributed by atoms with Gasteiger partial charge in [-0.25, -0.2) is 0 Å². The lowest BCUT2D eigenvalue weighted by Gasteiger charge is -2.48. The van der Waals surface area contributed by atoms with Crippen molar-refractivity contribution in [3.63, 3.8) is 0 Å². The first-order valence-electron chi connectivity index (χ1n) is 13.9. The molecular formula is C31H29N5O4. The summed E-state index contributed by atoms with van der Waals surface area (Å²) >= 11 is 0. The average Bonchev–Trinajstić information content (AvgIpc) is 3.72. The number of hydrogen-bond acceptors (Lipinski definition) is 6. The van der Waals surface area contributed by atoms with Gasteiger partial charge in [0.25, 0.3) is 0 Å². The first kappa shape index (κ1) is 23.5. The number of ether oxygens (including phenoxy) is 2. The van der Waals surface area contributed by atoms with E-state index in [1.807, 2.05) is 52.4 Å². The van der Waals surface area contributed by atoms with E-state index in [9.17, 15) is 9.59 Å². The van der Waals surface area contributed by atoms with Crippen LogP contribution in [0.4, 0.5) is 0 Å². The molecule has 0 aliphatic carbocycles. The second-order valence-corrected chi connectivity index (χ2v) is 11.1. The standard InChI is InChI=1S/C31H29N5O4/c37-28-17-35(21-9-11-34(16-21)15-19-4-3-10-32-14-19)31(38)25-13-23-22-5-1-2-6-24(22)33-29(23)30(36(25)28)20-7-8-26-27(12-20)40-18-39-26/h1-8,10,12,14,21,25,30,33H,9,11,13,15-18H2/t21-,25-,30-/m1/s1. The highest BCUT2D eigenvalue weighted by atomic mass is 16.7. The Hall–Kier alpha value is -4.37. The second kappa shape index (κ2) is 9.09. The molecule has 9 nitrogen and oxygen atoms in total. The number of pyridine rings is 1. The molecular weight excluding hydrogens is 506 g/mol. The monoisotopic (exact) mass is 535 g/mol. The van der Waals surface area contributed by atoms with Crippen LogP contribution in [-0.4, -0.2) is 75.0 Å². The zero-order valence-electron chi connectivity index (χ0n) is 22.0. The smallest absolute Gasteiger partial charge is 0.246 e. The number of rotatable bonds is 4. The number of likely N-dealkylation sites (tertiary alicyclic amines) is 1. The first-order chi connectivity index (χ1) is 19.6. The van der Waals surface area contributed by atoms with Crippen LogP contribution in [0.5, 0.6) is 11.5 Å². The van der Waals surface area contributed by atoms with Gasteiger partial charge < -0.3 is 24.3 Å². The Kier molecular flexibility index (Phi) is 5.34. The molecule has 202 valence electrons. The van der Waals surface area contributed by atoms with Crippen molar-refractivity contribution in [2.75, 3.05) is 26.4 Å². The summed E-state index contributed by atoms with van der Waals surface area (Å²) in [6, 6.07) is 17.0. The number of aromatic nitrogens is 2. The van der Waals surface area contributed by atoms with Crippen LogP contribution in [0.15, 0.2) is 67.0 Å². The van der Waals surface area contributed by atoms with Crippen LogP contribution in [0.2, 0.25) is 0 Å². The van der Waals surface area contributed by atoms with Gasteiger partial charge in [-0.2, -0.15) is 0 Å². The van der Waals surface area contributed by atoms with Gasteiger partial charge in [-0.15, -0.1) is 0 Å². The number of piperazine rings is 1.